The summed E-state index contributed by atoms with van der Waals surface area (Å²) in [4.78, 5) is 27.2. The molecule has 2 amide bonds. The second-order valence-corrected chi connectivity index (χ2v) is 8.48. The predicted molar refractivity (Wildman–Crippen MR) is 129 cm³/mol. The van der Waals surface area contributed by atoms with Gasteiger partial charge in [0.2, 0.25) is 0 Å². The summed E-state index contributed by atoms with van der Waals surface area (Å²) in [5.74, 6) is -0.253. The Kier molecular flexibility index (Phi) is 6.34. The van der Waals surface area contributed by atoms with Gasteiger partial charge in [0.25, 0.3) is 11.8 Å². The van der Waals surface area contributed by atoms with E-state index in [-0.39, 0.29) is 17.6 Å². The first kappa shape index (κ1) is 21.7. The lowest BCUT2D eigenvalue weighted by atomic mass is 10.1. The number of benzene rings is 3. The van der Waals surface area contributed by atoms with Gasteiger partial charge in [0.15, 0.2) is 4.32 Å². The minimum atomic E-state index is -0.386. The number of halogens is 1. The molecule has 4 rings (SSSR count). The molecule has 5 nitrogen and oxygen atoms in total. The first-order chi connectivity index (χ1) is 15.4. The van der Waals surface area contributed by atoms with Crippen LogP contribution in [0.4, 0.5) is 15.8 Å². The van der Waals surface area contributed by atoms with E-state index in [4.69, 9.17) is 17.0 Å². The number of hydrogen-bond acceptors (Lipinski definition) is 5. The van der Waals surface area contributed by atoms with E-state index in [1.54, 1.807) is 55.7 Å². The summed E-state index contributed by atoms with van der Waals surface area (Å²) in [6, 6.07) is 19.5. The van der Waals surface area contributed by atoms with Crippen molar-refractivity contribution in [3.63, 3.8) is 0 Å². The highest BCUT2D eigenvalue weighted by Gasteiger charge is 2.33. The van der Waals surface area contributed by atoms with E-state index in [0.717, 1.165) is 5.56 Å². The van der Waals surface area contributed by atoms with Crippen molar-refractivity contribution in [3.05, 3.63) is 94.6 Å². The zero-order valence-electron chi connectivity index (χ0n) is 16.9. The summed E-state index contributed by atoms with van der Waals surface area (Å²) in [5.41, 5.74) is 2.33. The first-order valence-corrected chi connectivity index (χ1v) is 10.8. The van der Waals surface area contributed by atoms with Crippen molar-refractivity contribution < 1.29 is 18.7 Å². The molecule has 1 saturated heterocycles. The molecule has 1 N–H and O–H groups in total. The lowest BCUT2D eigenvalue weighted by Gasteiger charge is -2.14. The van der Waals surface area contributed by atoms with Crippen LogP contribution in [-0.4, -0.2) is 23.2 Å². The fraction of sp³-hybridized carbons (Fsp3) is 0.0417. The number of amides is 2. The van der Waals surface area contributed by atoms with Gasteiger partial charge in [0.1, 0.15) is 11.6 Å². The van der Waals surface area contributed by atoms with Gasteiger partial charge in [-0.25, -0.2) is 4.39 Å². The van der Waals surface area contributed by atoms with Crippen LogP contribution in [0.3, 0.4) is 0 Å². The van der Waals surface area contributed by atoms with Crippen molar-refractivity contribution >= 4 is 57.6 Å². The topological polar surface area (TPSA) is 58.6 Å². The monoisotopic (exact) mass is 464 g/mol. The Hall–Kier alpha value is -3.49. The zero-order valence-corrected chi connectivity index (χ0v) is 18.5. The fourth-order valence-electron chi connectivity index (χ4n) is 3.08. The van der Waals surface area contributed by atoms with Crippen LogP contribution in [0, 0.1) is 5.82 Å². The molecule has 0 spiro atoms. The smallest absolute Gasteiger partial charge is 0.270 e. The zero-order chi connectivity index (χ0) is 22.7. The summed E-state index contributed by atoms with van der Waals surface area (Å²) >= 11 is 6.52. The third kappa shape index (κ3) is 4.71. The van der Waals surface area contributed by atoms with Gasteiger partial charge >= 0.3 is 0 Å². The third-order valence-corrected chi connectivity index (χ3v) is 5.98. The van der Waals surface area contributed by atoms with Crippen molar-refractivity contribution in [1.29, 1.82) is 0 Å². The number of carbonyl (C=O) groups is 2. The minimum Gasteiger partial charge on any atom is -0.497 e. The predicted octanol–water partition coefficient (Wildman–Crippen LogP) is 5.49. The number of nitrogens with one attached hydrogen (secondary N) is 1. The highest BCUT2D eigenvalue weighted by molar-refractivity contribution is 8.27. The average molecular weight is 465 g/mol. The molecule has 1 aliphatic rings. The molecule has 0 unspecified atom stereocenters. The van der Waals surface area contributed by atoms with Gasteiger partial charge in [-0.3, -0.25) is 14.5 Å². The molecule has 0 aliphatic carbocycles. The average Bonchev–Trinajstić information content (AvgIpc) is 3.07. The van der Waals surface area contributed by atoms with Gasteiger partial charge in [-0.15, -0.1) is 0 Å². The fourth-order valence-corrected chi connectivity index (χ4v) is 4.38. The Bertz CT molecular complexity index is 1220. The number of thioether (sulfide) groups is 1. The summed E-state index contributed by atoms with van der Waals surface area (Å²) in [7, 11) is 1.56. The molecule has 0 aromatic heterocycles. The van der Waals surface area contributed by atoms with Crippen molar-refractivity contribution in [2.75, 3.05) is 17.3 Å². The van der Waals surface area contributed by atoms with Crippen LogP contribution in [-0.2, 0) is 4.79 Å². The van der Waals surface area contributed by atoms with Crippen LogP contribution in [0.1, 0.15) is 15.9 Å². The van der Waals surface area contributed by atoms with Gasteiger partial charge < -0.3 is 10.1 Å². The molecule has 8 heteroatoms. The Morgan fingerprint density at radius 1 is 1.09 bits per heavy atom. The van der Waals surface area contributed by atoms with Crippen LogP contribution in [0.5, 0.6) is 5.75 Å². The van der Waals surface area contributed by atoms with Crippen molar-refractivity contribution in [2.24, 2.45) is 0 Å². The number of anilines is 2. The SMILES string of the molecule is COc1ccc(C(=O)Nc2cccc(/C=C3\SC(=S)N(c4ccc(F)cc4)C3=O)c2)cc1. The van der Waals surface area contributed by atoms with Gasteiger partial charge in [0.05, 0.1) is 17.7 Å². The Balaban J connectivity index is 1.51. The van der Waals surface area contributed by atoms with Crippen LogP contribution >= 0.6 is 24.0 Å². The number of nitrogens with zero attached hydrogens (tertiary/aromatic N) is 1. The van der Waals surface area contributed by atoms with Crippen LogP contribution in [0.25, 0.3) is 6.08 Å². The maximum atomic E-state index is 13.2. The van der Waals surface area contributed by atoms with E-state index >= 15 is 0 Å². The van der Waals surface area contributed by atoms with Crippen molar-refractivity contribution in [1.82, 2.24) is 0 Å². The normalized spacial score (nSPS) is 14.7. The molecule has 1 heterocycles. The summed E-state index contributed by atoms with van der Waals surface area (Å²) in [6.07, 6.45) is 1.71. The van der Waals surface area contributed by atoms with E-state index in [2.05, 4.69) is 5.32 Å². The Morgan fingerprint density at radius 3 is 2.50 bits per heavy atom. The standard InChI is InChI=1S/C24H17FN2O3S2/c1-30-20-11-5-16(6-12-20)22(28)26-18-4-2-3-15(13-18)14-21-23(29)27(24(31)32-21)19-9-7-17(25)8-10-19/h2-14H,1H3,(H,26,28)/b21-14-. The van der Waals surface area contributed by atoms with Gasteiger partial charge in [-0.05, 0) is 72.3 Å². The number of methoxy groups -OCH3 is 1. The highest BCUT2D eigenvalue weighted by Crippen LogP contribution is 2.36. The number of hydrogen-bond donors (Lipinski definition) is 1. The molecular weight excluding hydrogens is 447 g/mol. The maximum absolute atomic E-state index is 13.2. The molecule has 1 aliphatic heterocycles. The van der Waals surface area contributed by atoms with E-state index in [1.807, 2.05) is 6.07 Å². The van der Waals surface area contributed by atoms with Gasteiger partial charge in [0, 0.05) is 11.3 Å². The highest BCUT2D eigenvalue weighted by atomic mass is 32.2. The first-order valence-electron chi connectivity index (χ1n) is 9.53. The lowest BCUT2D eigenvalue weighted by molar-refractivity contribution is -0.113. The van der Waals surface area contributed by atoms with Crippen molar-refractivity contribution in [3.8, 4) is 5.75 Å². The van der Waals surface area contributed by atoms with E-state index in [9.17, 15) is 14.0 Å². The van der Waals surface area contributed by atoms with Crippen molar-refractivity contribution in [2.45, 2.75) is 0 Å². The maximum Gasteiger partial charge on any atom is 0.270 e. The molecule has 160 valence electrons. The lowest BCUT2D eigenvalue weighted by Crippen LogP contribution is -2.27. The quantitative estimate of drug-likeness (QED) is 0.400. The Labute approximate surface area is 193 Å². The Morgan fingerprint density at radius 2 is 1.81 bits per heavy atom. The molecule has 0 atom stereocenters. The second kappa shape index (κ2) is 9.33. The summed E-state index contributed by atoms with van der Waals surface area (Å²) in [6.45, 7) is 0. The van der Waals surface area contributed by atoms with E-state index in [1.165, 1.54) is 40.9 Å². The summed E-state index contributed by atoms with van der Waals surface area (Å²) < 4.78 is 18.7. The number of ether oxygens (including phenoxy) is 1. The second-order valence-electron chi connectivity index (χ2n) is 6.80. The third-order valence-electron chi connectivity index (χ3n) is 4.67. The van der Waals surface area contributed by atoms with Gasteiger partial charge in [-0.1, -0.05) is 36.1 Å². The molecule has 1 fully saturated rings. The van der Waals surface area contributed by atoms with Gasteiger partial charge in [-0.2, -0.15) is 0 Å². The number of carbonyl (C=O) groups excluding carboxylic acids is 2. The number of rotatable bonds is 5. The van der Waals surface area contributed by atoms with E-state index < -0.39 is 0 Å². The van der Waals surface area contributed by atoms with Crippen LogP contribution < -0.4 is 15.0 Å². The molecular formula is C24H17FN2O3S2. The molecule has 0 bridgehead atoms. The molecule has 3 aromatic rings. The minimum absolute atomic E-state index is 0.257. The molecule has 0 saturated carbocycles. The number of thiocarbonyl (C=S) groups is 1. The van der Waals surface area contributed by atoms with E-state index in [0.29, 0.717) is 31.9 Å². The molecule has 3 aromatic carbocycles. The molecule has 0 radical (unpaired) electrons. The largest absolute Gasteiger partial charge is 0.497 e. The molecule has 32 heavy (non-hydrogen) atoms. The van der Waals surface area contributed by atoms with Crippen LogP contribution in [0.2, 0.25) is 0 Å². The summed E-state index contributed by atoms with van der Waals surface area (Å²) in [5, 5.41) is 2.85. The van der Waals surface area contributed by atoms with Crippen LogP contribution in [0.15, 0.2) is 77.7 Å².